The molecule has 1 atom stereocenters. The maximum atomic E-state index is 12.4. The van der Waals surface area contributed by atoms with Crippen LogP contribution in [0.4, 0.5) is 8.78 Å². The lowest BCUT2D eigenvalue weighted by Crippen LogP contribution is -2.29. The molecule has 0 saturated heterocycles. The summed E-state index contributed by atoms with van der Waals surface area (Å²) in [6, 6.07) is 11.8. The van der Waals surface area contributed by atoms with Gasteiger partial charge in [0.15, 0.2) is 0 Å². The first-order chi connectivity index (χ1) is 12.9. The van der Waals surface area contributed by atoms with Crippen LogP contribution in [0.25, 0.3) is 11.0 Å². The minimum atomic E-state index is -2.52. The van der Waals surface area contributed by atoms with Crippen molar-refractivity contribution < 1.29 is 18.3 Å². The van der Waals surface area contributed by atoms with Crippen molar-refractivity contribution in [1.29, 1.82) is 0 Å². The lowest BCUT2D eigenvalue weighted by Gasteiger charge is -2.15. The average molecular weight is 394 g/mol. The van der Waals surface area contributed by atoms with Gasteiger partial charge in [0.1, 0.15) is 18.9 Å². The van der Waals surface area contributed by atoms with Gasteiger partial charge in [0.05, 0.1) is 28.4 Å². The number of ether oxygens (including phenoxy) is 1. The molecular weight excluding hydrogens is 376 g/mol. The number of imidazole rings is 1. The van der Waals surface area contributed by atoms with E-state index in [-0.39, 0.29) is 18.5 Å². The Balaban J connectivity index is 1.61. The minimum Gasteiger partial charge on any atom is -0.488 e. The fourth-order valence-corrected chi connectivity index (χ4v) is 3.02. The maximum absolute atomic E-state index is 12.4. The van der Waals surface area contributed by atoms with E-state index < -0.39 is 13.0 Å². The number of rotatable bonds is 7. The first-order valence-electron chi connectivity index (χ1n) is 8.33. The van der Waals surface area contributed by atoms with Crippen LogP contribution in [-0.4, -0.2) is 28.5 Å². The van der Waals surface area contributed by atoms with Crippen LogP contribution in [0, 0.1) is 0 Å². The SMILES string of the molecule is CC(NC(=O)Cn1cnc2cccc(Cl)c21)c1ccc(OCC(F)F)cc1. The number of hydrogen-bond donors (Lipinski definition) is 1. The first kappa shape index (κ1) is 19.1. The molecule has 1 N–H and O–H groups in total. The molecule has 0 aliphatic heterocycles. The fourth-order valence-electron chi connectivity index (χ4n) is 2.74. The summed E-state index contributed by atoms with van der Waals surface area (Å²) in [4.78, 5) is 16.6. The fraction of sp³-hybridized carbons (Fsp3) is 0.263. The van der Waals surface area contributed by atoms with E-state index in [2.05, 4.69) is 10.3 Å². The normalized spacial score (nSPS) is 12.3. The largest absolute Gasteiger partial charge is 0.488 e. The molecule has 1 aromatic heterocycles. The number of carbonyl (C=O) groups is 1. The van der Waals surface area contributed by atoms with Gasteiger partial charge in [-0.25, -0.2) is 13.8 Å². The van der Waals surface area contributed by atoms with Crippen molar-refractivity contribution >= 4 is 28.5 Å². The number of nitrogens with one attached hydrogen (secondary N) is 1. The summed E-state index contributed by atoms with van der Waals surface area (Å²) >= 11 is 6.20. The third-order valence-corrected chi connectivity index (χ3v) is 4.34. The quantitative estimate of drug-likeness (QED) is 0.654. The highest BCUT2D eigenvalue weighted by atomic mass is 35.5. The zero-order chi connectivity index (χ0) is 19.4. The zero-order valence-electron chi connectivity index (χ0n) is 14.5. The molecule has 142 valence electrons. The van der Waals surface area contributed by atoms with Gasteiger partial charge in [-0.3, -0.25) is 4.79 Å². The maximum Gasteiger partial charge on any atom is 0.272 e. The van der Waals surface area contributed by atoms with Crippen molar-refractivity contribution in [3.8, 4) is 5.75 Å². The second-order valence-corrected chi connectivity index (χ2v) is 6.45. The second kappa shape index (κ2) is 8.35. The monoisotopic (exact) mass is 393 g/mol. The third-order valence-electron chi connectivity index (χ3n) is 4.04. The van der Waals surface area contributed by atoms with Crippen LogP contribution in [0.5, 0.6) is 5.75 Å². The van der Waals surface area contributed by atoms with Crippen LogP contribution in [0.3, 0.4) is 0 Å². The lowest BCUT2D eigenvalue weighted by molar-refractivity contribution is -0.122. The predicted molar refractivity (Wildman–Crippen MR) is 99.2 cm³/mol. The Morgan fingerprint density at radius 1 is 1.26 bits per heavy atom. The van der Waals surface area contributed by atoms with Gasteiger partial charge in [0, 0.05) is 0 Å². The third kappa shape index (κ3) is 4.74. The molecule has 3 aromatic rings. The van der Waals surface area contributed by atoms with Gasteiger partial charge in [-0.05, 0) is 36.8 Å². The average Bonchev–Trinajstić information content (AvgIpc) is 3.04. The number of nitrogens with zero attached hydrogens (tertiary/aromatic N) is 2. The van der Waals surface area contributed by atoms with E-state index in [0.717, 1.165) is 11.1 Å². The number of aromatic nitrogens is 2. The summed E-state index contributed by atoms with van der Waals surface area (Å²) in [5, 5.41) is 3.43. The molecule has 0 aliphatic carbocycles. The molecule has 3 rings (SSSR count). The molecule has 1 amide bonds. The number of halogens is 3. The number of hydrogen-bond acceptors (Lipinski definition) is 3. The molecule has 0 saturated carbocycles. The summed E-state index contributed by atoms with van der Waals surface area (Å²) in [6.07, 6.45) is -0.939. The van der Waals surface area contributed by atoms with E-state index in [4.69, 9.17) is 16.3 Å². The van der Waals surface area contributed by atoms with Crippen molar-refractivity contribution in [2.75, 3.05) is 6.61 Å². The van der Waals surface area contributed by atoms with Gasteiger partial charge in [-0.2, -0.15) is 0 Å². The van der Waals surface area contributed by atoms with Crippen molar-refractivity contribution in [2.24, 2.45) is 0 Å². The van der Waals surface area contributed by atoms with Crippen LogP contribution < -0.4 is 10.1 Å². The van der Waals surface area contributed by atoms with Crippen LogP contribution in [0.15, 0.2) is 48.8 Å². The second-order valence-electron chi connectivity index (χ2n) is 6.04. The van der Waals surface area contributed by atoms with E-state index in [1.807, 2.05) is 13.0 Å². The molecule has 5 nitrogen and oxygen atoms in total. The summed E-state index contributed by atoms with van der Waals surface area (Å²) < 4.78 is 31.0. The molecule has 0 radical (unpaired) electrons. The summed E-state index contributed by atoms with van der Waals surface area (Å²) in [5.41, 5.74) is 2.27. The Kier molecular flexibility index (Phi) is 5.91. The Morgan fingerprint density at radius 3 is 2.70 bits per heavy atom. The van der Waals surface area contributed by atoms with E-state index >= 15 is 0 Å². The van der Waals surface area contributed by atoms with Crippen LogP contribution in [-0.2, 0) is 11.3 Å². The Bertz CT molecular complexity index is 928. The van der Waals surface area contributed by atoms with Gasteiger partial charge in [0.25, 0.3) is 6.43 Å². The Morgan fingerprint density at radius 2 is 2.00 bits per heavy atom. The predicted octanol–water partition coefficient (Wildman–Crippen LogP) is 4.21. The van der Waals surface area contributed by atoms with Gasteiger partial charge in [0.2, 0.25) is 5.91 Å². The summed E-state index contributed by atoms with van der Waals surface area (Å²) in [5.74, 6) is 0.164. The van der Waals surface area contributed by atoms with E-state index in [1.54, 1.807) is 47.3 Å². The minimum absolute atomic E-state index is 0.0835. The molecule has 1 heterocycles. The topological polar surface area (TPSA) is 56.2 Å². The van der Waals surface area contributed by atoms with Crippen molar-refractivity contribution in [3.05, 3.63) is 59.4 Å². The molecule has 2 aromatic carbocycles. The van der Waals surface area contributed by atoms with Crippen molar-refractivity contribution in [1.82, 2.24) is 14.9 Å². The van der Waals surface area contributed by atoms with E-state index in [9.17, 15) is 13.6 Å². The van der Waals surface area contributed by atoms with E-state index in [0.29, 0.717) is 16.3 Å². The number of benzene rings is 2. The van der Waals surface area contributed by atoms with Gasteiger partial charge >= 0.3 is 0 Å². The van der Waals surface area contributed by atoms with Crippen LogP contribution >= 0.6 is 11.6 Å². The molecule has 27 heavy (non-hydrogen) atoms. The number of para-hydroxylation sites is 1. The van der Waals surface area contributed by atoms with Gasteiger partial charge in [-0.1, -0.05) is 29.8 Å². The van der Waals surface area contributed by atoms with E-state index in [1.165, 1.54) is 0 Å². The molecule has 1 unspecified atom stereocenters. The number of carbonyl (C=O) groups excluding carboxylic acids is 1. The van der Waals surface area contributed by atoms with Gasteiger partial charge in [-0.15, -0.1) is 0 Å². The zero-order valence-corrected chi connectivity index (χ0v) is 15.3. The standard InChI is InChI=1S/C19H18ClF2N3O2/c1-12(13-5-7-14(8-6-13)27-10-17(21)22)24-18(26)9-25-11-23-16-4-2-3-15(20)19(16)25/h2-8,11-12,17H,9-10H2,1H3,(H,24,26). The van der Waals surface area contributed by atoms with Gasteiger partial charge < -0.3 is 14.6 Å². The molecule has 0 fully saturated rings. The molecule has 8 heteroatoms. The summed E-state index contributed by atoms with van der Waals surface area (Å²) in [6.45, 7) is 1.28. The van der Waals surface area contributed by atoms with Crippen LogP contribution in [0.1, 0.15) is 18.5 Å². The molecular formula is C19H18ClF2N3O2. The highest BCUT2D eigenvalue weighted by molar-refractivity contribution is 6.35. The van der Waals surface area contributed by atoms with Crippen molar-refractivity contribution in [3.63, 3.8) is 0 Å². The smallest absolute Gasteiger partial charge is 0.272 e. The Labute approximate surface area is 159 Å². The highest BCUT2D eigenvalue weighted by Crippen LogP contribution is 2.22. The van der Waals surface area contributed by atoms with Crippen LogP contribution in [0.2, 0.25) is 5.02 Å². The highest BCUT2D eigenvalue weighted by Gasteiger charge is 2.13. The first-order valence-corrected chi connectivity index (χ1v) is 8.71. The number of amides is 1. The lowest BCUT2D eigenvalue weighted by atomic mass is 10.1. The summed E-state index contributed by atoms with van der Waals surface area (Å²) in [7, 11) is 0. The molecule has 0 bridgehead atoms. The Hall–Kier alpha value is -2.67. The number of fused-ring (bicyclic) bond motifs is 1. The number of alkyl halides is 2. The van der Waals surface area contributed by atoms with Crippen molar-refractivity contribution in [2.45, 2.75) is 25.9 Å². The molecule has 0 aliphatic rings. The molecule has 0 spiro atoms.